The fraction of sp³-hybridized carbons (Fsp3) is 0.312. The van der Waals surface area contributed by atoms with E-state index in [1.165, 1.54) is 7.05 Å². The molecule has 0 aliphatic heterocycles. The number of ether oxygens (including phenoxy) is 1. The lowest BCUT2D eigenvalue weighted by molar-refractivity contribution is -0.123. The Morgan fingerprint density at radius 3 is 2.65 bits per heavy atom. The maximum Gasteiger partial charge on any atom is 0.342 e. The number of nitrogens with one attached hydrogen (secondary N) is 1. The number of benzene rings is 1. The van der Waals surface area contributed by atoms with Crippen molar-refractivity contribution in [3.05, 3.63) is 51.8 Å². The largest absolute Gasteiger partial charge is 0.452 e. The molecule has 0 bridgehead atoms. The first-order valence-electron chi connectivity index (χ1n) is 7.09. The molecule has 1 amide bonds. The predicted octanol–water partition coefficient (Wildman–Crippen LogP) is 2.10. The zero-order valence-electron chi connectivity index (χ0n) is 13.2. The van der Waals surface area contributed by atoms with Crippen LogP contribution in [0.5, 0.6) is 0 Å². The molecule has 0 aliphatic rings. The van der Waals surface area contributed by atoms with Crippen molar-refractivity contribution in [1.82, 2.24) is 15.1 Å². The van der Waals surface area contributed by atoms with Gasteiger partial charge in [-0.1, -0.05) is 29.8 Å². The highest BCUT2D eigenvalue weighted by molar-refractivity contribution is 6.31. The van der Waals surface area contributed by atoms with Crippen LogP contribution in [0.2, 0.25) is 5.02 Å². The van der Waals surface area contributed by atoms with Crippen LogP contribution in [0.3, 0.4) is 0 Å². The van der Waals surface area contributed by atoms with E-state index in [2.05, 4.69) is 10.4 Å². The first-order chi connectivity index (χ1) is 10.9. The van der Waals surface area contributed by atoms with E-state index in [9.17, 15) is 9.59 Å². The summed E-state index contributed by atoms with van der Waals surface area (Å²) in [7, 11) is 1.48. The van der Waals surface area contributed by atoms with Gasteiger partial charge in [-0.25, -0.2) is 4.79 Å². The number of carbonyl (C=O) groups is 2. The van der Waals surface area contributed by atoms with Gasteiger partial charge in [0.25, 0.3) is 5.91 Å². The Morgan fingerprint density at radius 2 is 2.00 bits per heavy atom. The third-order valence-corrected chi connectivity index (χ3v) is 3.85. The minimum Gasteiger partial charge on any atom is -0.452 e. The number of amides is 1. The number of aryl methyl sites for hydroxylation is 1. The van der Waals surface area contributed by atoms with Crippen molar-refractivity contribution in [2.24, 2.45) is 0 Å². The molecular formula is C16H18ClN3O3. The molecule has 1 aromatic heterocycles. The molecule has 6 nitrogen and oxygen atoms in total. The molecule has 0 fully saturated rings. The van der Waals surface area contributed by atoms with Crippen molar-refractivity contribution in [2.75, 3.05) is 13.7 Å². The van der Waals surface area contributed by atoms with E-state index >= 15 is 0 Å². The van der Waals surface area contributed by atoms with E-state index in [0.29, 0.717) is 28.5 Å². The number of nitrogens with zero attached hydrogens (tertiary/aromatic N) is 2. The first kappa shape index (κ1) is 17.0. The normalized spacial score (nSPS) is 10.4. The van der Waals surface area contributed by atoms with Gasteiger partial charge in [0.1, 0.15) is 5.56 Å². The molecule has 0 atom stereocenters. The molecule has 23 heavy (non-hydrogen) atoms. The van der Waals surface area contributed by atoms with Crippen LogP contribution in [-0.2, 0) is 16.1 Å². The van der Waals surface area contributed by atoms with Gasteiger partial charge >= 0.3 is 5.97 Å². The SMILES string of the molecule is CNC(=O)COC(=O)c1c(C)nn(Cc2ccccc2Cl)c1C. The Morgan fingerprint density at radius 1 is 1.30 bits per heavy atom. The number of carbonyl (C=O) groups excluding carboxylic acids is 2. The summed E-state index contributed by atoms with van der Waals surface area (Å²) >= 11 is 6.16. The van der Waals surface area contributed by atoms with Crippen LogP contribution in [0.25, 0.3) is 0 Å². The zero-order valence-corrected chi connectivity index (χ0v) is 14.0. The highest BCUT2D eigenvalue weighted by Gasteiger charge is 2.21. The number of hydrogen-bond acceptors (Lipinski definition) is 4. The Hall–Kier alpha value is -2.34. The molecule has 7 heteroatoms. The van der Waals surface area contributed by atoms with E-state index in [1.54, 1.807) is 24.6 Å². The highest BCUT2D eigenvalue weighted by Crippen LogP contribution is 2.20. The number of hydrogen-bond donors (Lipinski definition) is 1. The summed E-state index contributed by atoms with van der Waals surface area (Å²) in [5.74, 6) is -0.925. The summed E-state index contributed by atoms with van der Waals surface area (Å²) in [5, 5.41) is 7.41. The standard InChI is InChI=1S/C16H18ClN3O3/c1-10-15(16(22)23-9-14(21)18-3)11(2)20(19-10)8-12-6-4-5-7-13(12)17/h4-7H,8-9H2,1-3H3,(H,18,21). The average molecular weight is 336 g/mol. The van der Waals surface area contributed by atoms with Gasteiger partial charge in [0.2, 0.25) is 0 Å². The Bertz CT molecular complexity index is 740. The molecule has 0 saturated heterocycles. The van der Waals surface area contributed by atoms with E-state index in [0.717, 1.165) is 5.56 Å². The number of halogens is 1. The van der Waals surface area contributed by atoms with Gasteiger partial charge in [0.15, 0.2) is 6.61 Å². The molecule has 0 saturated carbocycles. The van der Waals surface area contributed by atoms with E-state index in [1.807, 2.05) is 18.2 Å². The van der Waals surface area contributed by atoms with Crippen LogP contribution in [0.15, 0.2) is 24.3 Å². The second-order valence-electron chi connectivity index (χ2n) is 5.04. The minimum absolute atomic E-state index is 0.316. The highest BCUT2D eigenvalue weighted by atomic mass is 35.5. The molecule has 2 aromatic rings. The van der Waals surface area contributed by atoms with Crippen molar-refractivity contribution in [3.8, 4) is 0 Å². The summed E-state index contributed by atoms with van der Waals surface area (Å²) in [6, 6.07) is 7.46. The predicted molar refractivity (Wildman–Crippen MR) is 86.6 cm³/mol. The molecule has 1 N–H and O–H groups in total. The van der Waals surface area contributed by atoms with E-state index < -0.39 is 5.97 Å². The molecule has 0 spiro atoms. The molecular weight excluding hydrogens is 318 g/mol. The lowest BCUT2D eigenvalue weighted by atomic mass is 10.2. The summed E-state index contributed by atoms with van der Waals surface area (Å²) in [6.07, 6.45) is 0. The van der Waals surface area contributed by atoms with Crippen molar-refractivity contribution in [3.63, 3.8) is 0 Å². The van der Waals surface area contributed by atoms with Crippen molar-refractivity contribution in [2.45, 2.75) is 20.4 Å². The van der Waals surface area contributed by atoms with E-state index in [-0.39, 0.29) is 12.5 Å². The number of rotatable bonds is 5. The maximum atomic E-state index is 12.2. The van der Waals surface area contributed by atoms with Crippen LogP contribution in [0.1, 0.15) is 27.3 Å². The van der Waals surface area contributed by atoms with Gasteiger partial charge in [0.05, 0.1) is 17.9 Å². The van der Waals surface area contributed by atoms with Crippen LogP contribution < -0.4 is 5.32 Å². The van der Waals surface area contributed by atoms with Gasteiger partial charge in [-0.15, -0.1) is 0 Å². The smallest absolute Gasteiger partial charge is 0.342 e. The lowest BCUT2D eigenvalue weighted by Crippen LogP contribution is -2.25. The van der Waals surface area contributed by atoms with Gasteiger partial charge in [-0.2, -0.15) is 5.10 Å². The summed E-state index contributed by atoms with van der Waals surface area (Å²) in [6.45, 7) is 3.65. The molecule has 0 aliphatic carbocycles. The summed E-state index contributed by atoms with van der Waals surface area (Å²) in [5.41, 5.74) is 2.51. The minimum atomic E-state index is -0.561. The molecule has 0 radical (unpaired) electrons. The molecule has 1 heterocycles. The second-order valence-corrected chi connectivity index (χ2v) is 5.45. The fourth-order valence-electron chi connectivity index (χ4n) is 2.21. The number of esters is 1. The van der Waals surface area contributed by atoms with Crippen LogP contribution in [0.4, 0.5) is 0 Å². The quantitative estimate of drug-likeness (QED) is 0.849. The average Bonchev–Trinajstić information content (AvgIpc) is 2.81. The Balaban J connectivity index is 2.21. The third-order valence-electron chi connectivity index (χ3n) is 3.48. The molecule has 2 rings (SSSR count). The fourth-order valence-corrected chi connectivity index (χ4v) is 2.41. The van der Waals surface area contributed by atoms with E-state index in [4.69, 9.17) is 16.3 Å². The molecule has 0 unspecified atom stereocenters. The van der Waals surface area contributed by atoms with Gasteiger partial charge in [0, 0.05) is 12.1 Å². The van der Waals surface area contributed by atoms with Gasteiger partial charge in [-0.05, 0) is 25.5 Å². The van der Waals surface area contributed by atoms with Crippen LogP contribution >= 0.6 is 11.6 Å². The molecule has 1 aromatic carbocycles. The topological polar surface area (TPSA) is 73.2 Å². The van der Waals surface area contributed by atoms with Crippen LogP contribution in [-0.4, -0.2) is 35.3 Å². The zero-order chi connectivity index (χ0) is 17.0. The lowest BCUT2D eigenvalue weighted by Gasteiger charge is -2.07. The number of aromatic nitrogens is 2. The molecule has 122 valence electrons. The van der Waals surface area contributed by atoms with Crippen molar-refractivity contribution >= 4 is 23.5 Å². The summed E-state index contributed by atoms with van der Waals surface area (Å²) in [4.78, 5) is 23.3. The Kier molecular flexibility index (Phi) is 5.39. The summed E-state index contributed by atoms with van der Waals surface area (Å²) < 4.78 is 6.70. The van der Waals surface area contributed by atoms with Crippen LogP contribution in [0, 0.1) is 13.8 Å². The number of likely N-dealkylation sites (N-methyl/N-ethyl adjacent to an activating group) is 1. The van der Waals surface area contributed by atoms with Gasteiger partial charge < -0.3 is 10.1 Å². The monoisotopic (exact) mass is 335 g/mol. The van der Waals surface area contributed by atoms with Crippen molar-refractivity contribution < 1.29 is 14.3 Å². The second kappa shape index (κ2) is 7.28. The van der Waals surface area contributed by atoms with Gasteiger partial charge in [-0.3, -0.25) is 9.48 Å². The Labute approximate surface area is 139 Å². The van der Waals surface area contributed by atoms with Crippen molar-refractivity contribution in [1.29, 1.82) is 0 Å². The maximum absolute atomic E-state index is 12.2. The first-order valence-corrected chi connectivity index (χ1v) is 7.47. The third kappa shape index (κ3) is 3.90.